The normalized spacial score (nSPS) is 19.4. The SMILES string of the molecule is CC/C=C(/C)C(=O)NCC1CCN(CCc2ccccc2)C1. The summed E-state index contributed by atoms with van der Waals surface area (Å²) >= 11 is 0. The van der Waals surface area contributed by atoms with Crippen molar-refractivity contribution in [3.05, 3.63) is 47.5 Å². The van der Waals surface area contributed by atoms with E-state index in [1.54, 1.807) is 0 Å². The molecule has 1 unspecified atom stereocenters. The Hall–Kier alpha value is -1.61. The summed E-state index contributed by atoms with van der Waals surface area (Å²) in [6, 6.07) is 10.6. The third-order valence-electron chi connectivity index (χ3n) is 4.35. The molecule has 1 atom stereocenters. The molecule has 1 N–H and O–H groups in total. The first-order valence-electron chi connectivity index (χ1n) is 8.40. The van der Waals surface area contributed by atoms with Crippen molar-refractivity contribution in [1.82, 2.24) is 10.2 Å². The van der Waals surface area contributed by atoms with E-state index in [1.165, 1.54) is 12.0 Å². The van der Waals surface area contributed by atoms with Crippen molar-refractivity contribution in [1.29, 1.82) is 0 Å². The fourth-order valence-electron chi connectivity index (χ4n) is 2.99. The van der Waals surface area contributed by atoms with Crippen LogP contribution >= 0.6 is 0 Å². The lowest BCUT2D eigenvalue weighted by molar-refractivity contribution is -0.117. The molecule has 0 bridgehead atoms. The summed E-state index contributed by atoms with van der Waals surface area (Å²) in [5.41, 5.74) is 2.24. The van der Waals surface area contributed by atoms with E-state index < -0.39 is 0 Å². The summed E-state index contributed by atoms with van der Waals surface area (Å²) in [4.78, 5) is 14.4. The van der Waals surface area contributed by atoms with E-state index in [4.69, 9.17) is 0 Å². The Balaban J connectivity index is 1.67. The van der Waals surface area contributed by atoms with Crippen LogP contribution in [0.3, 0.4) is 0 Å². The number of nitrogens with one attached hydrogen (secondary N) is 1. The van der Waals surface area contributed by atoms with Gasteiger partial charge in [-0.2, -0.15) is 0 Å². The monoisotopic (exact) mass is 300 g/mol. The summed E-state index contributed by atoms with van der Waals surface area (Å²) in [6.07, 6.45) is 5.19. The molecule has 3 nitrogen and oxygen atoms in total. The fraction of sp³-hybridized carbons (Fsp3) is 0.526. The minimum Gasteiger partial charge on any atom is -0.352 e. The zero-order valence-corrected chi connectivity index (χ0v) is 13.8. The van der Waals surface area contributed by atoms with Gasteiger partial charge in [-0.25, -0.2) is 0 Å². The highest BCUT2D eigenvalue weighted by Gasteiger charge is 2.22. The van der Waals surface area contributed by atoms with Gasteiger partial charge in [-0.15, -0.1) is 0 Å². The van der Waals surface area contributed by atoms with Crippen molar-refractivity contribution in [2.24, 2.45) is 5.92 Å². The molecule has 1 heterocycles. The van der Waals surface area contributed by atoms with Crippen LogP contribution in [0.1, 0.15) is 32.3 Å². The molecular formula is C19H28N2O. The fourth-order valence-corrected chi connectivity index (χ4v) is 2.99. The first-order chi connectivity index (χ1) is 10.7. The predicted molar refractivity (Wildman–Crippen MR) is 91.8 cm³/mol. The highest BCUT2D eigenvalue weighted by molar-refractivity contribution is 5.92. The number of allylic oxidation sites excluding steroid dienone is 1. The van der Waals surface area contributed by atoms with E-state index in [9.17, 15) is 4.79 Å². The molecule has 3 heteroatoms. The first kappa shape index (κ1) is 16.8. The molecular weight excluding hydrogens is 272 g/mol. The number of carbonyl (C=O) groups is 1. The van der Waals surface area contributed by atoms with Gasteiger partial charge in [-0.1, -0.05) is 43.3 Å². The average molecular weight is 300 g/mol. The highest BCUT2D eigenvalue weighted by Crippen LogP contribution is 2.16. The van der Waals surface area contributed by atoms with Crippen LogP contribution in [0.4, 0.5) is 0 Å². The summed E-state index contributed by atoms with van der Waals surface area (Å²) in [6.45, 7) is 8.11. The summed E-state index contributed by atoms with van der Waals surface area (Å²) in [7, 11) is 0. The van der Waals surface area contributed by atoms with E-state index in [0.717, 1.165) is 44.6 Å². The lowest BCUT2D eigenvalue weighted by Gasteiger charge is -2.16. The van der Waals surface area contributed by atoms with Crippen molar-refractivity contribution in [2.45, 2.75) is 33.1 Å². The van der Waals surface area contributed by atoms with Crippen molar-refractivity contribution in [3.63, 3.8) is 0 Å². The molecule has 0 saturated carbocycles. The number of carbonyl (C=O) groups excluding carboxylic acids is 1. The Morgan fingerprint density at radius 3 is 2.86 bits per heavy atom. The third kappa shape index (κ3) is 5.30. The van der Waals surface area contributed by atoms with Crippen molar-refractivity contribution < 1.29 is 4.79 Å². The molecule has 1 aliphatic heterocycles. The Bertz CT molecular complexity index is 495. The molecule has 0 aromatic heterocycles. The van der Waals surface area contributed by atoms with E-state index in [2.05, 4.69) is 47.5 Å². The molecule has 1 aliphatic rings. The summed E-state index contributed by atoms with van der Waals surface area (Å²) in [5.74, 6) is 0.679. The van der Waals surface area contributed by atoms with Gasteiger partial charge in [-0.05, 0) is 44.2 Å². The molecule has 0 aliphatic carbocycles. The molecule has 22 heavy (non-hydrogen) atoms. The van der Waals surface area contributed by atoms with Crippen LogP contribution in [0.5, 0.6) is 0 Å². The zero-order chi connectivity index (χ0) is 15.8. The van der Waals surface area contributed by atoms with Crippen LogP contribution < -0.4 is 5.32 Å². The van der Waals surface area contributed by atoms with Crippen LogP contribution in [0.15, 0.2) is 42.0 Å². The van der Waals surface area contributed by atoms with E-state index in [1.807, 2.05) is 13.0 Å². The van der Waals surface area contributed by atoms with Gasteiger partial charge in [0.2, 0.25) is 5.91 Å². The van der Waals surface area contributed by atoms with E-state index in [0.29, 0.717) is 5.92 Å². The van der Waals surface area contributed by atoms with E-state index in [-0.39, 0.29) is 5.91 Å². The number of benzene rings is 1. The van der Waals surface area contributed by atoms with Gasteiger partial charge in [0.25, 0.3) is 0 Å². The Morgan fingerprint density at radius 1 is 1.36 bits per heavy atom. The van der Waals surface area contributed by atoms with Gasteiger partial charge in [-0.3, -0.25) is 4.79 Å². The number of hydrogen-bond acceptors (Lipinski definition) is 2. The second-order valence-electron chi connectivity index (χ2n) is 6.20. The lowest BCUT2D eigenvalue weighted by Crippen LogP contribution is -2.31. The van der Waals surface area contributed by atoms with Crippen LogP contribution in [-0.2, 0) is 11.2 Å². The molecule has 2 rings (SSSR count). The average Bonchev–Trinajstić information content (AvgIpc) is 3.00. The predicted octanol–water partition coefficient (Wildman–Crippen LogP) is 3.02. The number of nitrogens with zero attached hydrogens (tertiary/aromatic N) is 1. The zero-order valence-electron chi connectivity index (χ0n) is 13.8. The molecule has 1 aromatic carbocycles. The smallest absolute Gasteiger partial charge is 0.246 e. The second kappa shape index (κ2) is 8.74. The van der Waals surface area contributed by atoms with Gasteiger partial charge in [0.05, 0.1) is 0 Å². The van der Waals surface area contributed by atoms with Crippen molar-refractivity contribution >= 4 is 5.91 Å². The van der Waals surface area contributed by atoms with Crippen molar-refractivity contribution in [3.8, 4) is 0 Å². The second-order valence-corrected chi connectivity index (χ2v) is 6.20. The molecule has 120 valence electrons. The quantitative estimate of drug-likeness (QED) is 0.785. The molecule has 1 saturated heterocycles. The maximum absolute atomic E-state index is 11.9. The minimum absolute atomic E-state index is 0.0876. The Morgan fingerprint density at radius 2 is 2.14 bits per heavy atom. The van der Waals surface area contributed by atoms with Gasteiger partial charge >= 0.3 is 0 Å². The standard InChI is InChI=1S/C19H28N2O/c1-3-7-16(2)19(22)20-14-18-11-13-21(15-18)12-10-17-8-5-4-6-9-17/h4-9,18H,3,10-15H2,1-2H3,(H,20,22)/b16-7-. The molecule has 1 aromatic rings. The van der Waals surface area contributed by atoms with Gasteiger partial charge in [0.15, 0.2) is 0 Å². The minimum atomic E-state index is 0.0876. The van der Waals surface area contributed by atoms with E-state index >= 15 is 0 Å². The number of hydrogen-bond donors (Lipinski definition) is 1. The topological polar surface area (TPSA) is 32.3 Å². The summed E-state index contributed by atoms with van der Waals surface area (Å²) in [5, 5.41) is 3.07. The maximum Gasteiger partial charge on any atom is 0.246 e. The largest absolute Gasteiger partial charge is 0.352 e. The number of rotatable bonds is 7. The Kier molecular flexibility index (Phi) is 6.66. The van der Waals surface area contributed by atoms with Gasteiger partial charge in [0.1, 0.15) is 0 Å². The molecule has 0 spiro atoms. The third-order valence-corrected chi connectivity index (χ3v) is 4.35. The van der Waals surface area contributed by atoms with Gasteiger partial charge < -0.3 is 10.2 Å². The van der Waals surface area contributed by atoms with Crippen LogP contribution in [0, 0.1) is 5.92 Å². The van der Waals surface area contributed by atoms with Crippen LogP contribution in [-0.4, -0.2) is 37.0 Å². The maximum atomic E-state index is 11.9. The molecule has 1 fully saturated rings. The lowest BCUT2D eigenvalue weighted by atomic mass is 10.1. The molecule has 1 amide bonds. The number of amides is 1. The van der Waals surface area contributed by atoms with Crippen LogP contribution in [0.25, 0.3) is 0 Å². The Labute approximate surface area is 134 Å². The molecule has 0 radical (unpaired) electrons. The number of likely N-dealkylation sites (tertiary alicyclic amines) is 1. The van der Waals surface area contributed by atoms with Crippen LogP contribution in [0.2, 0.25) is 0 Å². The first-order valence-corrected chi connectivity index (χ1v) is 8.40. The van der Waals surface area contributed by atoms with Gasteiger partial charge in [0, 0.05) is 25.2 Å². The highest BCUT2D eigenvalue weighted by atomic mass is 16.1. The summed E-state index contributed by atoms with van der Waals surface area (Å²) < 4.78 is 0. The van der Waals surface area contributed by atoms with Crippen molar-refractivity contribution in [2.75, 3.05) is 26.2 Å².